The Morgan fingerprint density at radius 1 is 1.23 bits per heavy atom. The molecule has 0 bridgehead atoms. The van der Waals surface area contributed by atoms with Gasteiger partial charge in [0, 0.05) is 23.9 Å². The number of benzene rings is 2. The van der Waals surface area contributed by atoms with Gasteiger partial charge in [0.25, 0.3) is 5.91 Å². The zero-order chi connectivity index (χ0) is 15.9. The number of hydrogen-bond acceptors (Lipinski definition) is 4. The van der Waals surface area contributed by atoms with Crippen molar-refractivity contribution in [3.8, 4) is 0 Å². The van der Waals surface area contributed by atoms with Crippen LogP contribution in [0.3, 0.4) is 0 Å². The van der Waals surface area contributed by atoms with E-state index in [4.69, 9.17) is 5.73 Å². The highest BCUT2D eigenvalue weighted by Crippen LogP contribution is 2.41. The molecule has 5 heteroatoms. The third-order valence-corrected chi connectivity index (χ3v) is 3.99. The normalized spacial score (nSPS) is 20.1. The first-order chi connectivity index (χ1) is 10.4. The molecule has 0 saturated heterocycles. The highest BCUT2D eigenvalue weighted by atomic mass is 16.3. The van der Waals surface area contributed by atoms with Crippen molar-refractivity contribution in [1.29, 1.82) is 0 Å². The van der Waals surface area contributed by atoms with E-state index < -0.39 is 11.5 Å². The second-order valence-electron chi connectivity index (χ2n) is 5.47. The van der Waals surface area contributed by atoms with Gasteiger partial charge in [-0.25, -0.2) is 0 Å². The molecule has 0 aliphatic carbocycles. The fraction of sp³-hybridized carbons (Fsp3) is 0.176. The lowest BCUT2D eigenvalue weighted by atomic mass is 9.88. The summed E-state index contributed by atoms with van der Waals surface area (Å²) in [6.45, 7) is 0. The van der Waals surface area contributed by atoms with Crippen LogP contribution < -0.4 is 10.6 Å². The number of hydrogen-bond donors (Lipinski definition) is 2. The maximum atomic E-state index is 12.4. The Balaban J connectivity index is 1.98. The van der Waals surface area contributed by atoms with Gasteiger partial charge in [-0.1, -0.05) is 30.3 Å². The Bertz CT molecular complexity index is 772. The number of rotatable bonds is 3. The molecular weight excluding hydrogens is 280 g/mol. The summed E-state index contributed by atoms with van der Waals surface area (Å²) in [5.41, 5.74) is 5.77. The summed E-state index contributed by atoms with van der Waals surface area (Å²) in [7, 11) is 1.59. The molecule has 0 radical (unpaired) electrons. The fourth-order valence-corrected chi connectivity index (χ4v) is 2.84. The molecule has 3 rings (SSSR count). The minimum atomic E-state index is -1.83. The number of ketones is 1. The van der Waals surface area contributed by atoms with E-state index in [-0.39, 0.29) is 12.2 Å². The van der Waals surface area contributed by atoms with E-state index in [1.807, 2.05) is 0 Å². The van der Waals surface area contributed by atoms with Gasteiger partial charge in [0.1, 0.15) is 0 Å². The minimum Gasteiger partial charge on any atom is -0.399 e. The lowest BCUT2D eigenvalue weighted by molar-refractivity contribution is -0.135. The lowest BCUT2D eigenvalue weighted by Gasteiger charge is -2.21. The van der Waals surface area contributed by atoms with E-state index in [1.54, 1.807) is 55.6 Å². The number of para-hydroxylation sites is 1. The standard InChI is InChI=1S/C17H16N2O3/c1-19-14-8-3-2-7-13(14)17(22,16(19)21)10-15(20)11-5-4-6-12(18)9-11/h2-9,22H,10,18H2,1H3. The molecule has 112 valence electrons. The number of fused-ring (bicyclic) bond motifs is 1. The monoisotopic (exact) mass is 296 g/mol. The molecule has 2 aromatic carbocycles. The number of carbonyl (C=O) groups excluding carboxylic acids is 2. The van der Waals surface area contributed by atoms with E-state index in [0.29, 0.717) is 22.5 Å². The van der Waals surface area contributed by atoms with Crippen molar-refractivity contribution in [2.24, 2.45) is 0 Å². The molecule has 1 aliphatic rings. The molecule has 2 aromatic rings. The van der Waals surface area contributed by atoms with Crippen LogP contribution in [-0.2, 0) is 10.4 Å². The number of likely N-dealkylation sites (N-methyl/N-ethyl adjacent to an activating group) is 1. The molecule has 1 atom stereocenters. The summed E-state index contributed by atoms with van der Waals surface area (Å²) in [5, 5.41) is 10.8. The van der Waals surface area contributed by atoms with Crippen molar-refractivity contribution in [3.05, 3.63) is 59.7 Å². The predicted molar refractivity (Wildman–Crippen MR) is 83.6 cm³/mol. The van der Waals surface area contributed by atoms with E-state index in [0.717, 1.165) is 0 Å². The molecule has 1 heterocycles. The van der Waals surface area contributed by atoms with Gasteiger partial charge in [-0.05, 0) is 18.2 Å². The average Bonchev–Trinajstić information content (AvgIpc) is 2.70. The van der Waals surface area contributed by atoms with Crippen LogP contribution in [0.5, 0.6) is 0 Å². The summed E-state index contributed by atoms with van der Waals surface area (Å²) < 4.78 is 0. The molecule has 0 fully saturated rings. The molecule has 1 aliphatic heterocycles. The summed E-state index contributed by atoms with van der Waals surface area (Å²) in [4.78, 5) is 26.2. The smallest absolute Gasteiger partial charge is 0.263 e. The van der Waals surface area contributed by atoms with E-state index in [1.165, 1.54) is 4.90 Å². The first kappa shape index (κ1) is 14.3. The molecule has 22 heavy (non-hydrogen) atoms. The average molecular weight is 296 g/mol. The molecule has 0 saturated carbocycles. The second kappa shape index (κ2) is 4.96. The Kier molecular flexibility index (Phi) is 3.22. The molecule has 3 N–H and O–H groups in total. The predicted octanol–water partition coefficient (Wildman–Crippen LogP) is 1.71. The molecule has 0 spiro atoms. The van der Waals surface area contributed by atoms with Gasteiger partial charge in [0.05, 0.1) is 12.1 Å². The number of anilines is 2. The fourth-order valence-electron chi connectivity index (χ4n) is 2.84. The second-order valence-corrected chi connectivity index (χ2v) is 5.47. The quantitative estimate of drug-likeness (QED) is 0.667. The van der Waals surface area contributed by atoms with Crippen molar-refractivity contribution < 1.29 is 14.7 Å². The van der Waals surface area contributed by atoms with Gasteiger partial charge < -0.3 is 15.7 Å². The van der Waals surface area contributed by atoms with Crippen LogP contribution in [-0.4, -0.2) is 23.8 Å². The van der Waals surface area contributed by atoms with Crippen LogP contribution >= 0.6 is 0 Å². The number of amides is 1. The van der Waals surface area contributed by atoms with Crippen LogP contribution in [0.25, 0.3) is 0 Å². The van der Waals surface area contributed by atoms with E-state index in [2.05, 4.69) is 0 Å². The van der Waals surface area contributed by atoms with Crippen molar-refractivity contribution >= 4 is 23.1 Å². The molecule has 0 aromatic heterocycles. The number of Topliss-reactive ketones (excluding diaryl/α,β-unsaturated/α-hetero) is 1. The lowest BCUT2D eigenvalue weighted by Crippen LogP contribution is -2.40. The summed E-state index contributed by atoms with van der Waals surface area (Å²) >= 11 is 0. The molecule has 5 nitrogen and oxygen atoms in total. The van der Waals surface area contributed by atoms with Crippen LogP contribution in [0.1, 0.15) is 22.3 Å². The van der Waals surface area contributed by atoms with Crippen LogP contribution in [0, 0.1) is 0 Å². The summed E-state index contributed by atoms with van der Waals surface area (Å²) in [6.07, 6.45) is -0.309. The largest absolute Gasteiger partial charge is 0.399 e. The topological polar surface area (TPSA) is 83.6 Å². The Labute approximate surface area is 128 Å². The summed E-state index contributed by atoms with van der Waals surface area (Å²) in [6, 6.07) is 13.4. The maximum Gasteiger partial charge on any atom is 0.263 e. The summed E-state index contributed by atoms with van der Waals surface area (Å²) in [5.74, 6) is -0.820. The first-order valence-corrected chi connectivity index (χ1v) is 6.92. The van der Waals surface area contributed by atoms with Crippen molar-refractivity contribution in [1.82, 2.24) is 0 Å². The molecule has 1 amide bonds. The van der Waals surface area contributed by atoms with Crippen LogP contribution in [0.2, 0.25) is 0 Å². The van der Waals surface area contributed by atoms with E-state index >= 15 is 0 Å². The molecule has 1 unspecified atom stereocenters. The highest BCUT2D eigenvalue weighted by Gasteiger charge is 2.49. The van der Waals surface area contributed by atoms with Gasteiger partial charge in [0.15, 0.2) is 11.4 Å². The number of nitrogen functional groups attached to an aromatic ring is 1. The number of nitrogens with zero attached hydrogens (tertiary/aromatic N) is 1. The van der Waals surface area contributed by atoms with Gasteiger partial charge >= 0.3 is 0 Å². The van der Waals surface area contributed by atoms with Gasteiger partial charge in [-0.15, -0.1) is 0 Å². The maximum absolute atomic E-state index is 12.4. The Morgan fingerprint density at radius 3 is 2.68 bits per heavy atom. The number of aliphatic hydroxyl groups is 1. The van der Waals surface area contributed by atoms with Gasteiger partial charge in [-0.2, -0.15) is 0 Å². The van der Waals surface area contributed by atoms with Gasteiger partial charge in [0.2, 0.25) is 0 Å². The van der Waals surface area contributed by atoms with E-state index in [9.17, 15) is 14.7 Å². The zero-order valence-corrected chi connectivity index (χ0v) is 12.1. The third kappa shape index (κ3) is 2.07. The van der Waals surface area contributed by atoms with Crippen molar-refractivity contribution in [2.75, 3.05) is 17.7 Å². The first-order valence-electron chi connectivity index (χ1n) is 6.92. The van der Waals surface area contributed by atoms with Gasteiger partial charge in [-0.3, -0.25) is 9.59 Å². The van der Waals surface area contributed by atoms with Crippen LogP contribution in [0.15, 0.2) is 48.5 Å². The number of nitrogens with two attached hydrogens (primary N) is 1. The van der Waals surface area contributed by atoms with Crippen LogP contribution in [0.4, 0.5) is 11.4 Å². The van der Waals surface area contributed by atoms with Crippen molar-refractivity contribution in [3.63, 3.8) is 0 Å². The Hall–Kier alpha value is -2.66. The third-order valence-electron chi connectivity index (χ3n) is 3.99. The zero-order valence-electron chi connectivity index (χ0n) is 12.1. The minimum absolute atomic E-state index is 0.309. The SMILES string of the molecule is CN1C(=O)C(O)(CC(=O)c2cccc(N)c2)c2ccccc21. The van der Waals surface area contributed by atoms with Crippen molar-refractivity contribution in [2.45, 2.75) is 12.0 Å². The Morgan fingerprint density at radius 2 is 1.95 bits per heavy atom. The number of carbonyl (C=O) groups is 2. The highest BCUT2D eigenvalue weighted by molar-refractivity contribution is 6.10. The molecular formula is C17H16N2O3.